The van der Waals surface area contributed by atoms with Gasteiger partial charge in [0.2, 0.25) is 0 Å². The number of hydrogen-bond acceptors (Lipinski definition) is 2. The summed E-state index contributed by atoms with van der Waals surface area (Å²) in [5, 5.41) is 3.93. The van der Waals surface area contributed by atoms with Crippen LogP contribution in [0.5, 0.6) is 0 Å². The molecule has 20 heavy (non-hydrogen) atoms. The Bertz CT molecular complexity index is 448. The van der Waals surface area contributed by atoms with E-state index >= 15 is 0 Å². The van der Waals surface area contributed by atoms with Gasteiger partial charge in [-0.1, -0.05) is 43.2 Å². The molecule has 0 bridgehead atoms. The van der Waals surface area contributed by atoms with Crippen LogP contribution in [0.25, 0.3) is 0 Å². The Morgan fingerprint density at radius 3 is 2.35 bits per heavy atom. The Hall–Kier alpha value is -0.860. The SMILES string of the molecule is CC(C)N1CC2(CCCC2)NCC1(C)c1ccccc1. The fourth-order valence-corrected chi connectivity index (χ4v) is 4.22. The molecule has 1 saturated heterocycles. The summed E-state index contributed by atoms with van der Waals surface area (Å²) in [6.07, 6.45) is 5.48. The summed E-state index contributed by atoms with van der Waals surface area (Å²) in [5.74, 6) is 0. The molecule has 1 heterocycles. The minimum absolute atomic E-state index is 0.114. The van der Waals surface area contributed by atoms with Gasteiger partial charge in [0.25, 0.3) is 0 Å². The van der Waals surface area contributed by atoms with Crippen LogP contribution in [0.2, 0.25) is 0 Å². The predicted molar refractivity (Wildman–Crippen MR) is 84.8 cm³/mol. The number of piperazine rings is 1. The summed E-state index contributed by atoms with van der Waals surface area (Å²) in [4.78, 5) is 2.73. The molecule has 1 aliphatic heterocycles. The van der Waals surface area contributed by atoms with E-state index in [0.29, 0.717) is 11.6 Å². The van der Waals surface area contributed by atoms with Gasteiger partial charge in [-0.2, -0.15) is 0 Å². The average molecular weight is 272 g/mol. The Balaban J connectivity index is 1.91. The molecule has 1 unspecified atom stereocenters. The van der Waals surface area contributed by atoms with E-state index in [-0.39, 0.29) is 5.54 Å². The molecule has 0 radical (unpaired) electrons. The number of rotatable bonds is 2. The molecular weight excluding hydrogens is 244 g/mol. The van der Waals surface area contributed by atoms with Gasteiger partial charge < -0.3 is 5.32 Å². The quantitative estimate of drug-likeness (QED) is 0.886. The van der Waals surface area contributed by atoms with Gasteiger partial charge in [0.15, 0.2) is 0 Å². The lowest BCUT2D eigenvalue weighted by Gasteiger charge is -2.54. The Morgan fingerprint density at radius 2 is 1.75 bits per heavy atom. The molecular formula is C18H28N2. The molecule has 1 aromatic carbocycles. The zero-order valence-corrected chi connectivity index (χ0v) is 13.2. The van der Waals surface area contributed by atoms with Crippen molar-refractivity contribution in [2.75, 3.05) is 13.1 Å². The maximum absolute atomic E-state index is 3.93. The second-order valence-electron chi connectivity index (χ2n) is 7.20. The second kappa shape index (κ2) is 5.16. The summed E-state index contributed by atoms with van der Waals surface area (Å²) in [7, 11) is 0. The summed E-state index contributed by atoms with van der Waals surface area (Å²) in [5.41, 5.74) is 1.94. The molecule has 2 nitrogen and oxygen atoms in total. The summed E-state index contributed by atoms with van der Waals surface area (Å²) < 4.78 is 0. The van der Waals surface area contributed by atoms with Crippen molar-refractivity contribution in [1.29, 1.82) is 0 Å². The lowest BCUT2D eigenvalue weighted by molar-refractivity contribution is -0.00951. The van der Waals surface area contributed by atoms with Gasteiger partial charge in [0.1, 0.15) is 0 Å². The third-order valence-electron chi connectivity index (χ3n) is 5.49. The molecule has 3 rings (SSSR count). The fraction of sp³-hybridized carbons (Fsp3) is 0.667. The molecule has 0 aromatic heterocycles. The van der Waals surface area contributed by atoms with Crippen LogP contribution in [0, 0.1) is 0 Å². The molecule has 1 atom stereocenters. The van der Waals surface area contributed by atoms with Crippen molar-refractivity contribution in [2.45, 2.75) is 63.6 Å². The molecule has 1 spiro atoms. The summed E-state index contributed by atoms with van der Waals surface area (Å²) in [6, 6.07) is 11.6. The normalized spacial score (nSPS) is 30.2. The van der Waals surface area contributed by atoms with Crippen LogP contribution in [-0.4, -0.2) is 29.6 Å². The van der Waals surface area contributed by atoms with Crippen LogP contribution < -0.4 is 5.32 Å². The maximum Gasteiger partial charge on any atom is 0.0560 e. The molecule has 0 amide bonds. The number of nitrogens with one attached hydrogen (secondary N) is 1. The Morgan fingerprint density at radius 1 is 1.10 bits per heavy atom. The van der Waals surface area contributed by atoms with E-state index in [1.165, 1.54) is 37.8 Å². The van der Waals surface area contributed by atoms with Gasteiger partial charge in [0, 0.05) is 24.7 Å². The Labute approximate surface area is 123 Å². The standard InChI is InChI=1S/C18H28N2/c1-15(2)20-14-18(11-7-8-12-18)19-13-17(20,3)16-9-5-4-6-10-16/h4-6,9-10,15,19H,7-8,11-14H2,1-3H3. The van der Waals surface area contributed by atoms with Gasteiger partial charge >= 0.3 is 0 Å². The van der Waals surface area contributed by atoms with Gasteiger partial charge in [-0.15, -0.1) is 0 Å². The first-order chi connectivity index (χ1) is 9.56. The molecule has 2 aliphatic rings. The molecule has 1 aliphatic carbocycles. The smallest absolute Gasteiger partial charge is 0.0560 e. The van der Waals surface area contributed by atoms with Crippen molar-refractivity contribution in [3.05, 3.63) is 35.9 Å². The van der Waals surface area contributed by atoms with Crippen LogP contribution in [0.15, 0.2) is 30.3 Å². The fourth-order valence-electron chi connectivity index (χ4n) is 4.22. The third-order valence-corrected chi connectivity index (χ3v) is 5.49. The molecule has 2 heteroatoms. The van der Waals surface area contributed by atoms with Crippen LogP contribution in [0.3, 0.4) is 0 Å². The predicted octanol–water partition coefficient (Wildman–Crippen LogP) is 3.53. The lowest BCUT2D eigenvalue weighted by Crippen LogP contribution is -2.68. The van der Waals surface area contributed by atoms with E-state index < -0.39 is 0 Å². The van der Waals surface area contributed by atoms with E-state index in [9.17, 15) is 0 Å². The van der Waals surface area contributed by atoms with Crippen molar-refractivity contribution in [1.82, 2.24) is 10.2 Å². The van der Waals surface area contributed by atoms with Crippen molar-refractivity contribution in [3.63, 3.8) is 0 Å². The van der Waals surface area contributed by atoms with E-state index in [4.69, 9.17) is 0 Å². The van der Waals surface area contributed by atoms with Gasteiger partial charge in [0.05, 0.1) is 5.54 Å². The van der Waals surface area contributed by atoms with E-state index in [1.54, 1.807) is 0 Å². The van der Waals surface area contributed by atoms with E-state index in [1.807, 2.05) is 0 Å². The summed E-state index contributed by atoms with van der Waals surface area (Å²) in [6.45, 7) is 9.34. The average Bonchev–Trinajstić information content (AvgIpc) is 2.91. The van der Waals surface area contributed by atoms with Crippen LogP contribution in [-0.2, 0) is 5.54 Å². The van der Waals surface area contributed by atoms with Crippen molar-refractivity contribution < 1.29 is 0 Å². The third kappa shape index (κ3) is 2.29. The minimum Gasteiger partial charge on any atom is -0.308 e. The molecule has 1 N–H and O–H groups in total. The van der Waals surface area contributed by atoms with E-state index in [2.05, 4.69) is 61.3 Å². The zero-order valence-electron chi connectivity index (χ0n) is 13.2. The van der Waals surface area contributed by atoms with Crippen LogP contribution in [0.4, 0.5) is 0 Å². The minimum atomic E-state index is 0.114. The second-order valence-corrected chi connectivity index (χ2v) is 7.20. The first-order valence-electron chi connectivity index (χ1n) is 8.13. The van der Waals surface area contributed by atoms with Crippen molar-refractivity contribution in [3.8, 4) is 0 Å². The largest absolute Gasteiger partial charge is 0.308 e. The highest BCUT2D eigenvalue weighted by Gasteiger charge is 2.47. The number of hydrogen-bond donors (Lipinski definition) is 1. The topological polar surface area (TPSA) is 15.3 Å². The molecule has 1 aromatic rings. The Kier molecular flexibility index (Phi) is 3.64. The van der Waals surface area contributed by atoms with Gasteiger partial charge in [-0.25, -0.2) is 0 Å². The lowest BCUT2D eigenvalue weighted by atomic mass is 9.81. The highest BCUT2D eigenvalue weighted by molar-refractivity contribution is 5.26. The monoisotopic (exact) mass is 272 g/mol. The first kappa shape index (κ1) is 14.1. The molecule has 1 saturated carbocycles. The van der Waals surface area contributed by atoms with Crippen LogP contribution in [0.1, 0.15) is 52.0 Å². The number of benzene rings is 1. The molecule has 2 fully saturated rings. The van der Waals surface area contributed by atoms with E-state index in [0.717, 1.165) is 6.54 Å². The first-order valence-corrected chi connectivity index (χ1v) is 8.13. The molecule has 110 valence electrons. The van der Waals surface area contributed by atoms with Gasteiger partial charge in [-0.05, 0) is 39.2 Å². The zero-order chi connectivity index (χ0) is 14.2. The van der Waals surface area contributed by atoms with Crippen molar-refractivity contribution >= 4 is 0 Å². The van der Waals surface area contributed by atoms with Crippen LogP contribution >= 0.6 is 0 Å². The maximum atomic E-state index is 3.93. The number of nitrogens with zero attached hydrogens (tertiary/aromatic N) is 1. The van der Waals surface area contributed by atoms with Crippen molar-refractivity contribution in [2.24, 2.45) is 0 Å². The highest BCUT2D eigenvalue weighted by atomic mass is 15.3. The van der Waals surface area contributed by atoms with Gasteiger partial charge in [-0.3, -0.25) is 4.90 Å². The highest BCUT2D eigenvalue weighted by Crippen LogP contribution is 2.40. The summed E-state index contributed by atoms with van der Waals surface area (Å²) >= 11 is 0.